The Morgan fingerprint density at radius 2 is 2.24 bits per heavy atom. The zero-order valence-electron chi connectivity index (χ0n) is 12.9. The van der Waals surface area contributed by atoms with Crippen LogP contribution in [0, 0.1) is 23.0 Å². The number of nitro benzene ring substituents is 1. The minimum atomic E-state index is -0.379. The molecule has 1 fully saturated rings. The topological polar surface area (TPSA) is 58.7 Å². The molecule has 0 radical (unpaired) electrons. The van der Waals surface area contributed by atoms with Crippen LogP contribution in [0.25, 0.3) is 0 Å². The number of thioether (sulfide) groups is 1. The Bertz CT molecular complexity index is 572. The number of aryl methyl sites for hydroxylation is 1. The second-order valence-corrected chi connectivity index (χ2v) is 6.81. The van der Waals surface area contributed by atoms with Gasteiger partial charge in [0.15, 0.2) is 5.17 Å². The van der Waals surface area contributed by atoms with Gasteiger partial charge >= 0.3 is 0 Å². The molecule has 0 N–H and O–H groups in total. The molecule has 0 bridgehead atoms. The summed E-state index contributed by atoms with van der Waals surface area (Å²) in [6.07, 6.45) is 1.14. The van der Waals surface area contributed by atoms with E-state index in [2.05, 4.69) is 30.8 Å². The van der Waals surface area contributed by atoms with Crippen molar-refractivity contribution in [1.29, 1.82) is 0 Å². The van der Waals surface area contributed by atoms with Gasteiger partial charge in [0, 0.05) is 31.0 Å². The van der Waals surface area contributed by atoms with Gasteiger partial charge in [-0.15, -0.1) is 0 Å². The third-order valence-electron chi connectivity index (χ3n) is 3.62. The largest absolute Gasteiger partial charge is 0.350 e. The van der Waals surface area contributed by atoms with E-state index >= 15 is 0 Å². The molecule has 0 saturated carbocycles. The zero-order valence-corrected chi connectivity index (χ0v) is 13.7. The van der Waals surface area contributed by atoms with Gasteiger partial charge in [0.25, 0.3) is 5.69 Å². The zero-order chi connectivity index (χ0) is 15.6. The molecule has 5 nitrogen and oxygen atoms in total. The first kappa shape index (κ1) is 15.8. The molecule has 0 unspecified atom stereocenters. The Hall–Kier alpha value is -1.56. The molecular weight excluding hydrogens is 286 g/mol. The second kappa shape index (κ2) is 6.47. The SMILES string of the molecule is Cc1ccc([N+](=O)[O-])cc1N=C1SC[C@H](CC(C)C)N1C. The van der Waals surface area contributed by atoms with Crippen LogP contribution in [-0.2, 0) is 0 Å². The second-order valence-electron chi connectivity index (χ2n) is 5.83. The van der Waals surface area contributed by atoms with E-state index in [0.29, 0.717) is 17.6 Å². The van der Waals surface area contributed by atoms with E-state index in [1.54, 1.807) is 23.9 Å². The van der Waals surface area contributed by atoms with E-state index < -0.39 is 0 Å². The molecular formula is C15H21N3O2S. The first-order chi connectivity index (χ1) is 9.88. The van der Waals surface area contributed by atoms with Crippen LogP contribution in [0.1, 0.15) is 25.8 Å². The van der Waals surface area contributed by atoms with E-state index in [1.807, 2.05) is 6.92 Å². The van der Waals surface area contributed by atoms with Gasteiger partial charge in [0.2, 0.25) is 0 Å². The van der Waals surface area contributed by atoms with E-state index in [0.717, 1.165) is 22.9 Å². The molecule has 1 heterocycles. The number of hydrogen-bond donors (Lipinski definition) is 0. The van der Waals surface area contributed by atoms with Gasteiger partial charge in [0.1, 0.15) is 0 Å². The van der Waals surface area contributed by atoms with Crippen molar-refractivity contribution in [3.63, 3.8) is 0 Å². The van der Waals surface area contributed by atoms with Crippen LogP contribution < -0.4 is 0 Å². The predicted molar refractivity (Wildman–Crippen MR) is 88.4 cm³/mol. The van der Waals surface area contributed by atoms with Crippen LogP contribution in [0.3, 0.4) is 0 Å². The maximum absolute atomic E-state index is 10.9. The Kier molecular flexibility index (Phi) is 4.88. The smallest absolute Gasteiger partial charge is 0.271 e. The van der Waals surface area contributed by atoms with Gasteiger partial charge in [-0.2, -0.15) is 0 Å². The molecule has 114 valence electrons. The highest BCUT2D eigenvalue weighted by atomic mass is 32.2. The standard InChI is InChI=1S/C15H21N3O2S/c1-10(2)7-13-9-21-15(17(13)4)16-14-8-12(18(19)20)6-5-11(14)3/h5-6,8,10,13H,7,9H2,1-4H3/t13-/m0/s1. The summed E-state index contributed by atoms with van der Waals surface area (Å²) < 4.78 is 0. The van der Waals surface area contributed by atoms with E-state index in [4.69, 9.17) is 0 Å². The van der Waals surface area contributed by atoms with E-state index in [9.17, 15) is 10.1 Å². The fraction of sp³-hybridized carbons (Fsp3) is 0.533. The van der Waals surface area contributed by atoms with Crippen molar-refractivity contribution in [2.24, 2.45) is 10.9 Å². The van der Waals surface area contributed by atoms with Crippen LogP contribution in [0.2, 0.25) is 0 Å². The quantitative estimate of drug-likeness (QED) is 0.623. The summed E-state index contributed by atoms with van der Waals surface area (Å²) in [5.41, 5.74) is 1.72. The molecule has 2 rings (SSSR count). The first-order valence-corrected chi connectivity index (χ1v) is 8.06. The minimum absolute atomic E-state index is 0.0873. The molecule has 1 aromatic rings. The van der Waals surface area contributed by atoms with Crippen molar-refractivity contribution in [2.45, 2.75) is 33.2 Å². The van der Waals surface area contributed by atoms with Gasteiger partial charge in [-0.05, 0) is 24.8 Å². The fourth-order valence-corrected chi connectivity index (χ4v) is 3.57. The van der Waals surface area contributed by atoms with E-state index in [-0.39, 0.29) is 10.6 Å². The van der Waals surface area contributed by atoms with Crippen LogP contribution in [0.5, 0.6) is 0 Å². The summed E-state index contributed by atoms with van der Waals surface area (Å²) in [6, 6.07) is 5.31. The number of aliphatic imine (C=N–C) groups is 1. The number of nitro groups is 1. The van der Waals surface area contributed by atoms with Crippen molar-refractivity contribution >= 4 is 28.3 Å². The Balaban J connectivity index is 2.24. The van der Waals surface area contributed by atoms with Gasteiger partial charge in [-0.25, -0.2) is 4.99 Å². The summed E-state index contributed by atoms with van der Waals surface area (Å²) in [6.45, 7) is 6.37. The number of amidine groups is 1. The number of benzene rings is 1. The average molecular weight is 307 g/mol. The van der Waals surface area contributed by atoms with Crippen LogP contribution in [0.15, 0.2) is 23.2 Å². The van der Waals surface area contributed by atoms with Gasteiger partial charge in [-0.3, -0.25) is 10.1 Å². The number of nitrogens with zero attached hydrogens (tertiary/aromatic N) is 3. The average Bonchev–Trinajstić information content (AvgIpc) is 2.73. The molecule has 0 aliphatic carbocycles. The first-order valence-electron chi connectivity index (χ1n) is 7.08. The number of rotatable bonds is 4. The molecule has 1 saturated heterocycles. The van der Waals surface area contributed by atoms with Crippen molar-refractivity contribution in [3.05, 3.63) is 33.9 Å². The normalized spacial score (nSPS) is 20.5. The molecule has 0 amide bonds. The summed E-state index contributed by atoms with van der Waals surface area (Å²) in [5, 5.41) is 11.8. The summed E-state index contributed by atoms with van der Waals surface area (Å²) in [7, 11) is 2.05. The lowest BCUT2D eigenvalue weighted by atomic mass is 10.0. The Morgan fingerprint density at radius 1 is 1.52 bits per heavy atom. The number of hydrogen-bond acceptors (Lipinski definition) is 4. The third-order valence-corrected chi connectivity index (χ3v) is 4.81. The van der Waals surface area contributed by atoms with Crippen molar-refractivity contribution < 1.29 is 4.92 Å². The van der Waals surface area contributed by atoms with Crippen LogP contribution in [0.4, 0.5) is 11.4 Å². The number of non-ortho nitro benzene ring substituents is 1. The summed E-state index contributed by atoms with van der Waals surface area (Å²) in [5.74, 6) is 1.68. The lowest BCUT2D eigenvalue weighted by Crippen LogP contribution is -2.30. The molecule has 6 heteroatoms. The van der Waals surface area contributed by atoms with Crippen molar-refractivity contribution in [1.82, 2.24) is 4.90 Å². The highest BCUT2D eigenvalue weighted by molar-refractivity contribution is 8.14. The maximum Gasteiger partial charge on any atom is 0.271 e. The lowest BCUT2D eigenvalue weighted by Gasteiger charge is -2.22. The molecule has 0 aromatic heterocycles. The predicted octanol–water partition coefficient (Wildman–Crippen LogP) is 3.98. The lowest BCUT2D eigenvalue weighted by molar-refractivity contribution is -0.384. The summed E-state index contributed by atoms with van der Waals surface area (Å²) in [4.78, 5) is 17.3. The van der Waals surface area contributed by atoms with Crippen LogP contribution >= 0.6 is 11.8 Å². The Labute approximate surface area is 129 Å². The van der Waals surface area contributed by atoms with Crippen molar-refractivity contribution in [3.8, 4) is 0 Å². The minimum Gasteiger partial charge on any atom is -0.350 e. The molecule has 0 spiro atoms. The highest BCUT2D eigenvalue weighted by Gasteiger charge is 2.27. The summed E-state index contributed by atoms with van der Waals surface area (Å²) >= 11 is 1.72. The third kappa shape index (κ3) is 3.75. The monoisotopic (exact) mass is 307 g/mol. The maximum atomic E-state index is 10.9. The van der Waals surface area contributed by atoms with Crippen molar-refractivity contribution in [2.75, 3.05) is 12.8 Å². The molecule has 1 aliphatic rings. The van der Waals surface area contributed by atoms with Gasteiger partial charge < -0.3 is 4.90 Å². The molecule has 1 aliphatic heterocycles. The van der Waals surface area contributed by atoms with Crippen LogP contribution in [-0.4, -0.2) is 33.8 Å². The van der Waals surface area contributed by atoms with Gasteiger partial charge in [0.05, 0.1) is 10.6 Å². The molecule has 1 atom stereocenters. The molecule has 1 aromatic carbocycles. The molecule has 21 heavy (non-hydrogen) atoms. The Morgan fingerprint density at radius 3 is 2.86 bits per heavy atom. The van der Waals surface area contributed by atoms with E-state index in [1.165, 1.54) is 6.07 Å². The fourth-order valence-electron chi connectivity index (χ4n) is 2.36. The van der Waals surface area contributed by atoms with Gasteiger partial charge in [-0.1, -0.05) is 31.7 Å². The highest BCUT2D eigenvalue weighted by Crippen LogP contribution is 2.31.